The fourth-order valence-electron chi connectivity index (χ4n) is 2.27. The summed E-state index contributed by atoms with van der Waals surface area (Å²) in [6.45, 7) is 5.13. The molecule has 106 valence electrons. The molecule has 0 atom stereocenters. The zero-order valence-electron chi connectivity index (χ0n) is 11.5. The first-order chi connectivity index (χ1) is 9.20. The van der Waals surface area contributed by atoms with Crippen LogP contribution in [0.5, 0.6) is 0 Å². The smallest absolute Gasteiger partial charge is 0.360 e. The van der Waals surface area contributed by atoms with E-state index in [1.54, 1.807) is 6.92 Å². The number of rotatable bonds is 5. The van der Waals surface area contributed by atoms with Gasteiger partial charge in [-0.15, -0.1) is 0 Å². The molecule has 0 amide bonds. The quantitative estimate of drug-likeness (QED) is 0.811. The number of hydrogen-bond donors (Lipinski definition) is 1. The molecular formula is C13H21N3O3. The highest BCUT2D eigenvalue weighted by Crippen LogP contribution is 2.18. The summed E-state index contributed by atoms with van der Waals surface area (Å²) in [6, 6.07) is 0.474. The van der Waals surface area contributed by atoms with E-state index in [0.29, 0.717) is 18.5 Å². The SMILES string of the molecule is CCOC(=O)c1coc(N(C)CC2CCNCC2)n1. The van der Waals surface area contributed by atoms with E-state index >= 15 is 0 Å². The number of nitrogens with zero attached hydrogens (tertiary/aromatic N) is 2. The average molecular weight is 267 g/mol. The minimum absolute atomic E-state index is 0.231. The van der Waals surface area contributed by atoms with E-state index in [4.69, 9.17) is 9.15 Å². The predicted molar refractivity (Wildman–Crippen MR) is 71.3 cm³/mol. The van der Waals surface area contributed by atoms with Gasteiger partial charge in [0.25, 0.3) is 6.01 Å². The number of nitrogens with one attached hydrogen (secondary N) is 1. The lowest BCUT2D eigenvalue weighted by atomic mass is 9.98. The molecule has 6 nitrogen and oxygen atoms in total. The fraction of sp³-hybridized carbons (Fsp3) is 0.692. The van der Waals surface area contributed by atoms with Crippen LogP contribution in [0.1, 0.15) is 30.3 Å². The summed E-state index contributed by atoms with van der Waals surface area (Å²) in [5.41, 5.74) is 0.231. The lowest BCUT2D eigenvalue weighted by Crippen LogP contribution is -2.34. The molecule has 0 aliphatic carbocycles. The summed E-state index contributed by atoms with van der Waals surface area (Å²) in [5, 5.41) is 3.34. The monoisotopic (exact) mass is 267 g/mol. The van der Waals surface area contributed by atoms with Crippen molar-refractivity contribution in [1.82, 2.24) is 10.3 Å². The average Bonchev–Trinajstić information content (AvgIpc) is 2.90. The van der Waals surface area contributed by atoms with Gasteiger partial charge in [0.15, 0.2) is 5.69 Å². The van der Waals surface area contributed by atoms with Gasteiger partial charge in [0.05, 0.1) is 6.61 Å². The number of piperidine rings is 1. The Hall–Kier alpha value is -1.56. The second-order valence-corrected chi connectivity index (χ2v) is 4.81. The Morgan fingerprint density at radius 3 is 3.00 bits per heavy atom. The van der Waals surface area contributed by atoms with E-state index in [9.17, 15) is 4.79 Å². The van der Waals surface area contributed by atoms with Gasteiger partial charge in [-0.2, -0.15) is 4.98 Å². The van der Waals surface area contributed by atoms with Gasteiger partial charge in [-0.3, -0.25) is 0 Å². The van der Waals surface area contributed by atoms with Crippen LogP contribution in [0.25, 0.3) is 0 Å². The molecule has 19 heavy (non-hydrogen) atoms. The lowest BCUT2D eigenvalue weighted by molar-refractivity contribution is 0.0519. The van der Waals surface area contributed by atoms with E-state index in [1.165, 1.54) is 6.26 Å². The molecule has 0 aromatic carbocycles. The van der Waals surface area contributed by atoms with Crippen molar-refractivity contribution in [3.8, 4) is 0 Å². The maximum Gasteiger partial charge on any atom is 0.360 e. The van der Waals surface area contributed by atoms with Crippen molar-refractivity contribution < 1.29 is 13.9 Å². The molecule has 1 aliphatic heterocycles. The molecule has 6 heteroatoms. The number of carbonyl (C=O) groups is 1. The third kappa shape index (κ3) is 3.70. The van der Waals surface area contributed by atoms with Crippen LogP contribution in [0, 0.1) is 5.92 Å². The van der Waals surface area contributed by atoms with Crippen LogP contribution >= 0.6 is 0 Å². The maximum atomic E-state index is 11.5. The van der Waals surface area contributed by atoms with Crippen molar-refractivity contribution in [2.75, 3.05) is 38.2 Å². The summed E-state index contributed by atoms with van der Waals surface area (Å²) < 4.78 is 10.2. The summed E-state index contributed by atoms with van der Waals surface area (Å²) in [6.07, 6.45) is 3.68. The Bertz CT molecular complexity index is 413. The zero-order chi connectivity index (χ0) is 13.7. The normalized spacial score (nSPS) is 16.3. The van der Waals surface area contributed by atoms with Gasteiger partial charge in [0.2, 0.25) is 0 Å². The Morgan fingerprint density at radius 1 is 1.58 bits per heavy atom. The summed E-state index contributed by atoms with van der Waals surface area (Å²) in [4.78, 5) is 17.6. The molecule has 1 aliphatic rings. The molecule has 2 rings (SSSR count). The van der Waals surface area contributed by atoms with Gasteiger partial charge in [-0.1, -0.05) is 0 Å². The van der Waals surface area contributed by atoms with Crippen molar-refractivity contribution in [2.24, 2.45) is 5.92 Å². The summed E-state index contributed by atoms with van der Waals surface area (Å²) in [7, 11) is 1.93. The number of oxazole rings is 1. The number of ether oxygens (including phenoxy) is 1. The van der Waals surface area contributed by atoms with Crippen molar-refractivity contribution in [3.05, 3.63) is 12.0 Å². The fourth-order valence-corrected chi connectivity index (χ4v) is 2.27. The molecule has 1 aromatic heterocycles. The molecule has 0 bridgehead atoms. The van der Waals surface area contributed by atoms with E-state index in [-0.39, 0.29) is 5.69 Å². The first-order valence-corrected chi connectivity index (χ1v) is 6.75. The van der Waals surface area contributed by atoms with Crippen LogP contribution in [0.3, 0.4) is 0 Å². The standard InChI is InChI=1S/C13H21N3O3/c1-3-18-12(17)11-9-19-13(15-11)16(2)8-10-4-6-14-7-5-10/h9-10,14H,3-8H2,1-2H3. The molecule has 0 radical (unpaired) electrons. The Morgan fingerprint density at radius 2 is 2.32 bits per heavy atom. The lowest BCUT2D eigenvalue weighted by Gasteiger charge is -2.26. The number of aromatic nitrogens is 1. The summed E-state index contributed by atoms with van der Waals surface area (Å²) >= 11 is 0. The number of esters is 1. The minimum Gasteiger partial charge on any atom is -0.461 e. The van der Waals surface area contributed by atoms with Crippen LogP contribution in [-0.2, 0) is 4.74 Å². The number of carbonyl (C=O) groups excluding carboxylic acids is 1. The predicted octanol–water partition coefficient (Wildman–Crippen LogP) is 1.29. The van der Waals surface area contributed by atoms with E-state index in [1.807, 2.05) is 11.9 Å². The first kappa shape index (κ1) is 13.9. The molecular weight excluding hydrogens is 246 g/mol. The highest BCUT2D eigenvalue weighted by molar-refractivity contribution is 5.87. The van der Waals surface area contributed by atoms with Crippen molar-refractivity contribution >= 4 is 12.0 Å². The van der Waals surface area contributed by atoms with Crippen LogP contribution in [0.4, 0.5) is 6.01 Å². The van der Waals surface area contributed by atoms with Crippen LogP contribution < -0.4 is 10.2 Å². The molecule has 0 saturated carbocycles. The topological polar surface area (TPSA) is 67.6 Å². The van der Waals surface area contributed by atoms with Crippen LogP contribution in [0.2, 0.25) is 0 Å². The largest absolute Gasteiger partial charge is 0.461 e. The Balaban J connectivity index is 1.91. The zero-order valence-corrected chi connectivity index (χ0v) is 11.5. The van der Waals surface area contributed by atoms with Gasteiger partial charge >= 0.3 is 5.97 Å². The van der Waals surface area contributed by atoms with Gasteiger partial charge < -0.3 is 19.4 Å². The van der Waals surface area contributed by atoms with Crippen molar-refractivity contribution in [3.63, 3.8) is 0 Å². The molecule has 1 N–H and O–H groups in total. The molecule has 1 saturated heterocycles. The van der Waals surface area contributed by atoms with E-state index in [2.05, 4.69) is 10.3 Å². The van der Waals surface area contributed by atoms with Gasteiger partial charge in [-0.05, 0) is 38.8 Å². The minimum atomic E-state index is -0.437. The third-order valence-corrected chi connectivity index (χ3v) is 3.29. The van der Waals surface area contributed by atoms with E-state index in [0.717, 1.165) is 32.5 Å². The van der Waals surface area contributed by atoms with Gasteiger partial charge in [-0.25, -0.2) is 4.79 Å². The maximum absolute atomic E-state index is 11.5. The van der Waals surface area contributed by atoms with Crippen LogP contribution in [-0.4, -0.2) is 44.2 Å². The van der Waals surface area contributed by atoms with Gasteiger partial charge in [0.1, 0.15) is 6.26 Å². The Labute approximate surface area is 113 Å². The number of hydrogen-bond acceptors (Lipinski definition) is 6. The third-order valence-electron chi connectivity index (χ3n) is 3.29. The Kier molecular flexibility index (Phi) is 4.79. The highest BCUT2D eigenvalue weighted by Gasteiger charge is 2.19. The van der Waals surface area contributed by atoms with E-state index < -0.39 is 5.97 Å². The van der Waals surface area contributed by atoms with Crippen molar-refractivity contribution in [1.29, 1.82) is 0 Å². The molecule has 0 unspecified atom stereocenters. The van der Waals surface area contributed by atoms with Crippen molar-refractivity contribution in [2.45, 2.75) is 19.8 Å². The van der Waals surface area contributed by atoms with Crippen LogP contribution in [0.15, 0.2) is 10.7 Å². The molecule has 1 fully saturated rings. The van der Waals surface area contributed by atoms with Gasteiger partial charge in [0, 0.05) is 13.6 Å². The number of anilines is 1. The molecule has 0 spiro atoms. The molecule has 1 aromatic rings. The second-order valence-electron chi connectivity index (χ2n) is 4.81. The first-order valence-electron chi connectivity index (χ1n) is 6.75. The summed E-state index contributed by atoms with van der Waals surface area (Å²) in [5.74, 6) is 0.206. The highest BCUT2D eigenvalue weighted by atomic mass is 16.5. The second kappa shape index (κ2) is 6.56. The molecule has 2 heterocycles.